The van der Waals surface area contributed by atoms with Gasteiger partial charge in [0.1, 0.15) is 5.60 Å². The summed E-state index contributed by atoms with van der Waals surface area (Å²) in [5.74, 6) is 1.15. The molecule has 0 aliphatic carbocycles. The number of carbonyl (C=O) groups excluding carboxylic acids is 1. The summed E-state index contributed by atoms with van der Waals surface area (Å²) in [5.41, 5.74) is 0.702. The van der Waals surface area contributed by atoms with Crippen molar-refractivity contribution in [3.63, 3.8) is 0 Å². The minimum absolute atomic E-state index is 0.00589. The normalized spacial score (nSPS) is 18.1. The van der Waals surface area contributed by atoms with E-state index < -0.39 is 0 Å². The van der Waals surface area contributed by atoms with Gasteiger partial charge in [0.05, 0.1) is 0 Å². The van der Waals surface area contributed by atoms with Gasteiger partial charge in [-0.1, -0.05) is 0 Å². The quantitative estimate of drug-likeness (QED) is 0.898. The molecule has 24 heavy (non-hydrogen) atoms. The number of likely N-dealkylation sites (tertiary alicyclic amines) is 1. The number of pyridine rings is 1. The highest BCUT2D eigenvalue weighted by Crippen LogP contribution is 2.18. The second-order valence-electron chi connectivity index (χ2n) is 7.74. The van der Waals surface area contributed by atoms with E-state index in [-0.39, 0.29) is 11.6 Å². The second kappa shape index (κ2) is 7.83. The Morgan fingerprint density at radius 2 is 2.21 bits per heavy atom. The molecule has 0 spiro atoms. The van der Waals surface area contributed by atoms with Crippen LogP contribution in [0.25, 0.3) is 0 Å². The SMILES string of the molecule is CN(C)C[C@H]1CCN(C(=O)NCc2ccnc(OC(C)(C)C)c2)C1. The fraction of sp³-hybridized carbons (Fsp3) is 0.667. The number of carbonyl (C=O) groups is 1. The molecule has 2 amide bonds. The van der Waals surface area contributed by atoms with Gasteiger partial charge in [-0.15, -0.1) is 0 Å². The zero-order valence-corrected chi connectivity index (χ0v) is 15.5. The minimum atomic E-state index is -0.286. The van der Waals surface area contributed by atoms with Gasteiger partial charge in [-0.25, -0.2) is 9.78 Å². The van der Waals surface area contributed by atoms with Crippen LogP contribution in [-0.4, -0.2) is 60.1 Å². The molecule has 1 saturated heterocycles. The average molecular weight is 334 g/mol. The molecule has 0 unspecified atom stereocenters. The number of nitrogens with one attached hydrogen (secondary N) is 1. The predicted octanol–water partition coefficient (Wildman–Crippen LogP) is 2.35. The van der Waals surface area contributed by atoms with Crippen LogP contribution in [0.15, 0.2) is 18.3 Å². The Kier molecular flexibility index (Phi) is 6.04. The molecule has 2 rings (SSSR count). The zero-order valence-electron chi connectivity index (χ0n) is 15.5. The van der Waals surface area contributed by atoms with Gasteiger partial charge in [-0.2, -0.15) is 0 Å². The van der Waals surface area contributed by atoms with Crippen LogP contribution in [0.5, 0.6) is 5.88 Å². The summed E-state index contributed by atoms with van der Waals surface area (Å²) in [7, 11) is 4.15. The molecule has 1 N–H and O–H groups in total. The number of nitrogens with zero attached hydrogens (tertiary/aromatic N) is 3. The first-order valence-corrected chi connectivity index (χ1v) is 8.54. The van der Waals surface area contributed by atoms with Gasteiger partial charge in [0, 0.05) is 38.4 Å². The number of aromatic nitrogens is 1. The Hall–Kier alpha value is -1.82. The number of rotatable bonds is 5. The highest BCUT2D eigenvalue weighted by atomic mass is 16.5. The number of urea groups is 1. The van der Waals surface area contributed by atoms with E-state index in [9.17, 15) is 4.79 Å². The van der Waals surface area contributed by atoms with E-state index in [0.29, 0.717) is 18.3 Å². The lowest BCUT2D eigenvalue weighted by Gasteiger charge is -2.21. The minimum Gasteiger partial charge on any atom is -0.472 e. The van der Waals surface area contributed by atoms with Gasteiger partial charge in [0.15, 0.2) is 0 Å². The van der Waals surface area contributed by atoms with Crippen molar-refractivity contribution < 1.29 is 9.53 Å². The average Bonchev–Trinajstić information content (AvgIpc) is 2.91. The topological polar surface area (TPSA) is 57.7 Å². The van der Waals surface area contributed by atoms with E-state index in [1.807, 2.05) is 37.8 Å². The molecule has 1 atom stereocenters. The van der Waals surface area contributed by atoms with Gasteiger partial charge in [-0.3, -0.25) is 0 Å². The molecular formula is C18H30N4O2. The maximum absolute atomic E-state index is 12.3. The number of ether oxygens (including phenoxy) is 1. The molecule has 0 aromatic carbocycles. The Bertz CT molecular complexity index is 554. The van der Waals surface area contributed by atoms with Crippen molar-refractivity contribution in [2.75, 3.05) is 33.7 Å². The van der Waals surface area contributed by atoms with E-state index >= 15 is 0 Å². The van der Waals surface area contributed by atoms with Crippen molar-refractivity contribution in [2.45, 2.75) is 39.3 Å². The van der Waals surface area contributed by atoms with Crippen molar-refractivity contribution in [1.29, 1.82) is 0 Å². The second-order valence-corrected chi connectivity index (χ2v) is 7.74. The van der Waals surface area contributed by atoms with Crippen molar-refractivity contribution >= 4 is 6.03 Å². The van der Waals surface area contributed by atoms with E-state index in [1.54, 1.807) is 6.20 Å². The smallest absolute Gasteiger partial charge is 0.317 e. The first-order chi connectivity index (χ1) is 11.2. The molecule has 0 radical (unpaired) electrons. The highest BCUT2D eigenvalue weighted by molar-refractivity contribution is 5.74. The third-order valence-electron chi connectivity index (χ3n) is 3.85. The van der Waals surface area contributed by atoms with Crippen molar-refractivity contribution in [2.24, 2.45) is 5.92 Å². The largest absolute Gasteiger partial charge is 0.472 e. The summed E-state index contributed by atoms with van der Waals surface area (Å²) < 4.78 is 5.76. The van der Waals surface area contributed by atoms with E-state index in [1.165, 1.54) is 0 Å². The Morgan fingerprint density at radius 3 is 2.88 bits per heavy atom. The fourth-order valence-corrected chi connectivity index (χ4v) is 2.90. The monoisotopic (exact) mass is 334 g/mol. The lowest BCUT2D eigenvalue weighted by molar-refractivity contribution is 0.124. The number of amides is 2. The van der Waals surface area contributed by atoms with Crippen LogP contribution in [0.1, 0.15) is 32.8 Å². The van der Waals surface area contributed by atoms with Gasteiger partial charge >= 0.3 is 6.03 Å². The van der Waals surface area contributed by atoms with Gasteiger partial charge in [0.2, 0.25) is 5.88 Å². The van der Waals surface area contributed by atoms with Crippen LogP contribution in [0, 0.1) is 5.92 Å². The lowest BCUT2D eigenvalue weighted by atomic mass is 10.1. The third-order valence-corrected chi connectivity index (χ3v) is 3.85. The van der Waals surface area contributed by atoms with Crippen LogP contribution >= 0.6 is 0 Å². The molecule has 0 bridgehead atoms. The molecule has 1 aliphatic heterocycles. The van der Waals surface area contributed by atoms with Crippen LogP contribution in [0.3, 0.4) is 0 Å². The number of hydrogen-bond donors (Lipinski definition) is 1. The van der Waals surface area contributed by atoms with Crippen molar-refractivity contribution in [3.05, 3.63) is 23.9 Å². The Labute approximate surface area is 145 Å². The Morgan fingerprint density at radius 1 is 1.46 bits per heavy atom. The fourth-order valence-electron chi connectivity index (χ4n) is 2.90. The molecule has 1 fully saturated rings. The maximum atomic E-state index is 12.3. The maximum Gasteiger partial charge on any atom is 0.317 e. The summed E-state index contributed by atoms with van der Waals surface area (Å²) in [6.45, 7) is 9.14. The standard InChI is InChI=1S/C18H30N4O2/c1-18(2,3)24-16-10-14(6-8-19-16)11-20-17(23)22-9-7-15(13-22)12-21(4)5/h6,8,10,15H,7,9,11-13H2,1-5H3,(H,20,23)/t15-/m1/s1. The molecular weight excluding hydrogens is 304 g/mol. The summed E-state index contributed by atoms with van der Waals surface area (Å²) in [6.07, 6.45) is 2.79. The van der Waals surface area contributed by atoms with Gasteiger partial charge < -0.3 is 19.9 Å². The van der Waals surface area contributed by atoms with Crippen molar-refractivity contribution in [1.82, 2.24) is 20.1 Å². The summed E-state index contributed by atoms with van der Waals surface area (Å²) in [5, 5.41) is 2.99. The molecule has 6 heteroatoms. The summed E-state index contributed by atoms with van der Waals surface area (Å²) in [6, 6.07) is 3.78. The van der Waals surface area contributed by atoms with Crippen LogP contribution < -0.4 is 10.1 Å². The molecule has 1 aromatic heterocycles. The molecule has 1 aromatic rings. The molecule has 1 aliphatic rings. The van der Waals surface area contributed by atoms with Gasteiger partial charge in [0.25, 0.3) is 0 Å². The lowest BCUT2D eigenvalue weighted by Crippen LogP contribution is -2.38. The van der Waals surface area contributed by atoms with E-state index in [2.05, 4.69) is 29.3 Å². The summed E-state index contributed by atoms with van der Waals surface area (Å²) in [4.78, 5) is 20.6. The molecule has 134 valence electrons. The molecule has 0 saturated carbocycles. The molecule has 2 heterocycles. The predicted molar refractivity (Wildman–Crippen MR) is 95.1 cm³/mol. The van der Waals surface area contributed by atoms with E-state index in [4.69, 9.17) is 4.74 Å². The zero-order chi connectivity index (χ0) is 17.7. The van der Waals surface area contributed by atoms with Crippen LogP contribution in [0.4, 0.5) is 4.79 Å². The third kappa shape index (κ3) is 6.00. The molecule has 6 nitrogen and oxygen atoms in total. The summed E-state index contributed by atoms with van der Waals surface area (Å²) >= 11 is 0. The Balaban J connectivity index is 1.83. The van der Waals surface area contributed by atoms with Crippen molar-refractivity contribution in [3.8, 4) is 5.88 Å². The van der Waals surface area contributed by atoms with Crippen LogP contribution in [0.2, 0.25) is 0 Å². The van der Waals surface area contributed by atoms with E-state index in [0.717, 1.165) is 31.6 Å². The first kappa shape index (κ1) is 18.5. The first-order valence-electron chi connectivity index (χ1n) is 8.54. The van der Waals surface area contributed by atoms with Crippen LogP contribution in [-0.2, 0) is 6.54 Å². The highest BCUT2D eigenvalue weighted by Gasteiger charge is 2.26. The number of hydrogen-bond acceptors (Lipinski definition) is 4. The van der Waals surface area contributed by atoms with Gasteiger partial charge in [-0.05, 0) is 58.8 Å².